The van der Waals surface area contributed by atoms with Crippen LogP contribution in [0.1, 0.15) is 40.7 Å². The van der Waals surface area contributed by atoms with Crippen LogP contribution in [-0.2, 0) is 11.8 Å². The van der Waals surface area contributed by atoms with Gasteiger partial charge in [-0.1, -0.05) is 24.3 Å². The Kier molecular flexibility index (Phi) is 3.83. The number of piperidine rings is 1. The van der Waals surface area contributed by atoms with E-state index in [9.17, 15) is 15.0 Å². The Morgan fingerprint density at radius 3 is 2.75 bits per heavy atom. The van der Waals surface area contributed by atoms with Gasteiger partial charge in [-0.25, -0.2) is 0 Å². The third kappa shape index (κ3) is 2.36. The molecule has 5 heteroatoms. The van der Waals surface area contributed by atoms with Gasteiger partial charge in [0, 0.05) is 23.1 Å². The highest BCUT2D eigenvalue weighted by Crippen LogP contribution is 2.59. The lowest BCUT2D eigenvalue weighted by Crippen LogP contribution is -2.68. The summed E-state index contributed by atoms with van der Waals surface area (Å²) in [6.07, 6.45) is 2.83. The first-order valence-corrected chi connectivity index (χ1v) is 10.0. The van der Waals surface area contributed by atoms with Gasteiger partial charge in [0.1, 0.15) is 5.75 Å². The molecule has 0 radical (unpaired) electrons. The molecule has 0 aromatic heterocycles. The maximum absolute atomic E-state index is 12.7. The molecule has 3 aliphatic rings. The number of fused-ring (bicyclic) bond motifs is 1. The maximum atomic E-state index is 12.7. The first-order valence-electron chi connectivity index (χ1n) is 10.0. The summed E-state index contributed by atoms with van der Waals surface area (Å²) in [4.78, 5) is 15.0. The van der Waals surface area contributed by atoms with Gasteiger partial charge in [0.25, 0.3) is 5.91 Å². The number of carbonyl (C=O) groups excluding carboxylic acids is 1. The Morgan fingerprint density at radius 1 is 1.18 bits per heavy atom. The van der Waals surface area contributed by atoms with Gasteiger partial charge in [-0.3, -0.25) is 4.79 Å². The Labute approximate surface area is 165 Å². The van der Waals surface area contributed by atoms with E-state index in [1.165, 1.54) is 5.56 Å². The number of hydrogen-bond acceptors (Lipinski definition) is 4. The van der Waals surface area contributed by atoms with Crippen LogP contribution in [0.5, 0.6) is 5.75 Å². The monoisotopic (exact) mass is 378 g/mol. The van der Waals surface area contributed by atoms with Crippen molar-refractivity contribution in [2.75, 3.05) is 13.6 Å². The number of likely N-dealkylation sites (N-methyl/N-ethyl adjacent to an activating group) is 1. The van der Waals surface area contributed by atoms with Gasteiger partial charge < -0.3 is 20.4 Å². The normalized spacial score (nSPS) is 33.8. The van der Waals surface area contributed by atoms with Crippen molar-refractivity contribution >= 4 is 5.91 Å². The topological polar surface area (TPSA) is 72.8 Å². The van der Waals surface area contributed by atoms with E-state index in [0.29, 0.717) is 18.4 Å². The molecule has 1 heterocycles. The van der Waals surface area contributed by atoms with Crippen LogP contribution in [0.25, 0.3) is 0 Å². The zero-order chi connectivity index (χ0) is 19.5. The van der Waals surface area contributed by atoms with E-state index in [4.69, 9.17) is 0 Å². The molecule has 28 heavy (non-hydrogen) atoms. The maximum Gasteiger partial charge on any atom is 0.251 e. The molecule has 2 unspecified atom stereocenters. The highest BCUT2D eigenvalue weighted by atomic mass is 16.3. The van der Waals surface area contributed by atoms with E-state index in [2.05, 4.69) is 17.3 Å². The number of aliphatic hydroxyl groups is 1. The van der Waals surface area contributed by atoms with Crippen LogP contribution < -0.4 is 5.32 Å². The number of aromatic hydroxyl groups is 1. The van der Waals surface area contributed by atoms with Crippen LogP contribution in [0.15, 0.2) is 48.5 Å². The van der Waals surface area contributed by atoms with Crippen LogP contribution in [0, 0.1) is 0 Å². The van der Waals surface area contributed by atoms with Crippen molar-refractivity contribution in [3.63, 3.8) is 0 Å². The molecule has 0 spiro atoms. The van der Waals surface area contributed by atoms with Gasteiger partial charge in [0.2, 0.25) is 0 Å². The quantitative estimate of drug-likeness (QED) is 0.749. The predicted octanol–water partition coefficient (Wildman–Crippen LogP) is 2.21. The highest BCUT2D eigenvalue weighted by Gasteiger charge is 2.66. The summed E-state index contributed by atoms with van der Waals surface area (Å²) in [5.41, 5.74) is 1.57. The molecule has 5 rings (SSSR count). The average Bonchev–Trinajstić information content (AvgIpc) is 2.99. The minimum absolute atomic E-state index is 0.0249. The minimum atomic E-state index is -0.907. The van der Waals surface area contributed by atoms with Gasteiger partial charge in [0.05, 0.1) is 5.60 Å². The molecule has 1 amide bonds. The zero-order valence-electron chi connectivity index (χ0n) is 16.1. The van der Waals surface area contributed by atoms with E-state index < -0.39 is 11.0 Å². The SMILES string of the molecule is CN1CCC23CC(NC(=O)c4ccccc4)C[C@@]2(O)[C@H]1Cc1ccc(O)cc13. The molecule has 1 saturated carbocycles. The number of nitrogens with one attached hydrogen (secondary N) is 1. The van der Waals surface area contributed by atoms with E-state index in [0.717, 1.165) is 24.9 Å². The second-order valence-electron chi connectivity index (χ2n) is 8.74. The molecular formula is C23H26N2O3. The molecule has 1 aliphatic heterocycles. The molecule has 2 aromatic carbocycles. The molecule has 5 nitrogen and oxygen atoms in total. The number of hydrogen-bond donors (Lipinski definition) is 3. The Morgan fingerprint density at radius 2 is 1.96 bits per heavy atom. The molecule has 4 atom stereocenters. The number of amides is 1. The summed E-state index contributed by atoms with van der Waals surface area (Å²) >= 11 is 0. The standard InChI is InChI=1S/C23H26N2O3/c1-25-10-9-22-13-17(24-21(27)15-5-3-2-4-6-15)14-23(22,28)20(25)11-16-7-8-18(26)12-19(16)22/h2-8,12,17,20,26,28H,9-11,13-14H2,1H3,(H,24,27)/t17?,20-,22?,23-/m1/s1. The van der Waals surface area contributed by atoms with Gasteiger partial charge in [-0.15, -0.1) is 0 Å². The largest absolute Gasteiger partial charge is 0.508 e. The molecule has 2 fully saturated rings. The van der Waals surface area contributed by atoms with Crippen molar-refractivity contribution in [2.24, 2.45) is 0 Å². The predicted molar refractivity (Wildman–Crippen MR) is 106 cm³/mol. The van der Waals surface area contributed by atoms with Crippen LogP contribution >= 0.6 is 0 Å². The lowest BCUT2D eigenvalue weighted by molar-refractivity contribution is -0.123. The van der Waals surface area contributed by atoms with Gasteiger partial charge >= 0.3 is 0 Å². The summed E-state index contributed by atoms with van der Waals surface area (Å²) in [7, 11) is 2.08. The second kappa shape index (κ2) is 6.06. The van der Waals surface area contributed by atoms with Crippen LogP contribution in [0.3, 0.4) is 0 Å². The summed E-state index contributed by atoms with van der Waals surface area (Å²) in [5.74, 6) is 0.146. The molecule has 2 bridgehead atoms. The van der Waals surface area contributed by atoms with Crippen molar-refractivity contribution in [1.29, 1.82) is 0 Å². The number of likely N-dealkylation sites (tertiary alicyclic amines) is 1. The highest BCUT2D eigenvalue weighted by molar-refractivity contribution is 5.94. The van der Waals surface area contributed by atoms with Crippen molar-refractivity contribution in [2.45, 2.75) is 48.8 Å². The summed E-state index contributed by atoms with van der Waals surface area (Å²) in [6.45, 7) is 0.904. The minimum Gasteiger partial charge on any atom is -0.508 e. The Hall–Kier alpha value is -2.37. The number of rotatable bonds is 2. The number of phenolic OH excluding ortho intramolecular Hbond substituents is 1. The van der Waals surface area contributed by atoms with Crippen molar-refractivity contribution in [3.05, 3.63) is 65.2 Å². The molecule has 2 aromatic rings. The van der Waals surface area contributed by atoms with Gasteiger partial charge in [-0.2, -0.15) is 0 Å². The number of benzene rings is 2. The number of nitrogens with zero attached hydrogens (tertiary/aromatic N) is 1. The Bertz CT molecular complexity index is 931. The van der Waals surface area contributed by atoms with Crippen molar-refractivity contribution in [3.8, 4) is 5.75 Å². The average molecular weight is 378 g/mol. The molecule has 2 aliphatic carbocycles. The summed E-state index contributed by atoms with van der Waals surface area (Å²) in [6, 6.07) is 14.7. The van der Waals surface area contributed by atoms with E-state index >= 15 is 0 Å². The zero-order valence-corrected chi connectivity index (χ0v) is 16.1. The summed E-state index contributed by atoms with van der Waals surface area (Å²) in [5, 5.41) is 25.3. The molecule has 146 valence electrons. The molecule has 1 saturated heterocycles. The lowest BCUT2D eigenvalue weighted by atomic mass is 9.56. The van der Waals surface area contributed by atoms with Crippen molar-refractivity contribution in [1.82, 2.24) is 10.2 Å². The van der Waals surface area contributed by atoms with Crippen LogP contribution in [0.2, 0.25) is 0 Å². The van der Waals surface area contributed by atoms with Crippen LogP contribution in [-0.4, -0.2) is 52.3 Å². The third-order valence-electron chi connectivity index (χ3n) is 7.35. The van der Waals surface area contributed by atoms with Crippen LogP contribution in [0.4, 0.5) is 0 Å². The fraction of sp³-hybridized carbons (Fsp3) is 0.435. The smallest absolute Gasteiger partial charge is 0.251 e. The van der Waals surface area contributed by atoms with Gasteiger partial charge in [0.15, 0.2) is 0 Å². The number of phenols is 1. The third-order valence-corrected chi connectivity index (χ3v) is 7.35. The van der Waals surface area contributed by atoms with E-state index in [-0.39, 0.29) is 23.7 Å². The van der Waals surface area contributed by atoms with E-state index in [1.54, 1.807) is 6.07 Å². The summed E-state index contributed by atoms with van der Waals surface area (Å²) < 4.78 is 0. The lowest BCUT2D eigenvalue weighted by Gasteiger charge is -2.58. The molecular weight excluding hydrogens is 352 g/mol. The Balaban J connectivity index is 1.53. The fourth-order valence-electron chi connectivity index (χ4n) is 6.06. The fourth-order valence-corrected chi connectivity index (χ4v) is 6.06. The van der Waals surface area contributed by atoms with Crippen molar-refractivity contribution < 1.29 is 15.0 Å². The van der Waals surface area contributed by atoms with Gasteiger partial charge in [-0.05, 0) is 74.7 Å². The first kappa shape index (κ1) is 17.7. The molecule has 3 N–H and O–H groups in total. The second-order valence-corrected chi connectivity index (χ2v) is 8.74. The van der Waals surface area contributed by atoms with E-state index in [1.807, 2.05) is 42.5 Å². The number of carbonyl (C=O) groups is 1. The first-order chi connectivity index (χ1) is 13.4.